The third-order valence-electron chi connectivity index (χ3n) is 2.44. The van der Waals surface area contributed by atoms with Gasteiger partial charge in [0.15, 0.2) is 0 Å². The van der Waals surface area contributed by atoms with Crippen LogP contribution in [0.1, 0.15) is 11.3 Å². The third kappa shape index (κ3) is 3.10. The number of aryl methyl sites for hydroxylation is 1. The molecule has 0 saturated carbocycles. The van der Waals surface area contributed by atoms with Gasteiger partial charge in [0.25, 0.3) is 0 Å². The summed E-state index contributed by atoms with van der Waals surface area (Å²) >= 11 is 0. The second kappa shape index (κ2) is 5.35. The summed E-state index contributed by atoms with van der Waals surface area (Å²) in [5, 5.41) is 5.28. The van der Waals surface area contributed by atoms with Crippen LogP contribution in [-0.4, -0.2) is 6.03 Å². The topological polar surface area (TPSA) is 54.3 Å². The molecule has 0 aliphatic heterocycles. The Morgan fingerprint density at radius 2 is 2.22 bits per heavy atom. The Morgan fingerprint density at radius 1 is 1.39 bits per heavy atom. The molecule has 2 N–H and O–H groups in total. The van der Waals surface area contributed by atoms with Gasteiger partial charge < -0.3 is 15.1 Å². The van der Waals surface area contributed by atoms with Crippen LogP contribution in [-0.2, 0) is 6.54 Å². The van der Waals surface area contributed by atoms with Crippen LogP contribution in [0.5, 0.6) is 0 Å². The fourth-order valence-electron chi connectivity index (χ4n) is 1.51. The fraction of sp³-hybridized carbons (Fsp3) is 0.154. The van der Waals surface area contributed by atoms with Gasteiger partial charge in [0.1, 0.15) is 11.6 Å². The van der Waals surface area contributed by atoms with E-state index in [4.69, 9.17) is 4.42 Å². The van der Waals surface area contributed by atoms with E-state index in [1.165, 1.54) is 18.2 Å². The first-order valence-corrected chi connectivity index (χ1v) is 5.48. The zero-order valence-corrected chi connectivity index (χ0v) is 9.87. The van der Waals surface area contributed by atoms with Gasteiger partial charge in [-0.25, -0.2) is 9.18 Å². The number of anilines is 1. The minimum Gasteiger partial charge on any atom is -0.467 e. The summed E-state index contributed by atoms with van der Waals surface area (Å²) in [6, 6.07) is 7.35. The first-order chi connectivity index (χ1) is 8.65. The number of halogens is 1. The van der Waals surface area contributed by atoms with E-state index in [0.29, 0.717) is 23.6 Å². The molecule has 0 atom stereocenters. The molecule has 1 heterocycles. The lowest BCUT2D eigenvalue weighted by atomic mass is 10.2. The second-order valence-electron chi connectivity index (χ2n) is 3.85. The quantitative estimate of drug-likeness (QED) is 0.877. The van der Waals surface area contributed by atoms with E-state index in [1.807, 2.05) is 0 Å². The van der Waals surface area contributed by atoms with Crippen molar-refractivity contribution < 1.29 is 13.6 Å². The maximum atomic E-state index is 12.9. The van der Waals surface area contributed by atoms with Gasteiger partial charge in [0, 0.05) is 5.69 Å². The lowest BCUT2D eigenvalue weighted by molar-refractivity contribution is 0.251. The number of rotatable bonds is 3. The Morgan fingerprint density at radius 3 is 2.89 bits per heavy atom. The Balaban J connectivity index is 1.91. The summed E-state index contributed by atoms with van der Waals surface area (Å²) in [5.74, 6) is 0.343. The first kappa shape index (κ1) is 12.2. The Kier molecular flexibility index (Phi) is 3.62. The molecule has 0 spiro atoms. The number of carbonyl (C=O) groups excluding carboxylic acids is 1. The van der Waals surface area contributed by atoms with Gasteiger partial charge in [0.05, 0.1) is 12.8 Å². The van der Waals surface area contributed by atoms with Crippen molar-refractivity contribution in [2.24, 2.45) is 0 Å². The molecule has 0 saturated heterocycles. The van der Waals surface area contributed by atoms with E-state index in [2.05, 4.69) is 10.6 Å². The van der Waals surface area contributed by atoms with Gasteiger partial charge in [-0.2, -0.15) is 0 Å². The smallest absolute Gasteiger partial charge is 0.319 e. The minimum atomic E-state index is -0.360. The van der Waals surface area contributed by atoms with Gasteiger partial charge in [-0.15, -0.1) is 0 Å². The molecule has 0 fully saturated rings. The molecule has 2 amide bonds. The molecule has 94 valence electrons. The molecule has 0 aliphatic rings. The summed E-state index contributed by atoms with van der Waals surface area (Å²) in [6.45, 7) is 2.03. The molecule has 2 aromatic rings. The van der Waals surface area contributed by atoms with Crippen LogP contribution < -0.4 is 10.6 Å². The van der Waals surface area contributed by atoms with E-state index in [9.17, 15) is 9.18 Å². The normalized spacial score (nSPS) is 10.1. The molecule has 1 aromatic heterocycles. The van der Waals surface area contributed by atoms with Crippen LogP contribution in [0.2, 0.25) is 0 Å². The fourth-order valence-corrected chi connectivity index (χ4v) is 1.51. The molecule has 0 unspecified atom stereocenters. The lowest BCUT2D eigenvalue weighted by Gasteiger charge is -2.09. The highest BCUT2D eigenvalue weighted by atomic mass is 19.1. The zero-order chi connectivity index (χ0) is 13.0. The predicted octanol–water partition coefficient (Wildman–Crippen LogP) is 3.05. The molecule has 5 heteroatoms. The SMILES string of the molecule is Cc1cc(F)ccc1NC(=O)NCc1ccco1. The molecule has 0 bridgehead atoms. The number of carbonyl (C=O) groups is 1. The van der Waals surface area contributed by atoms with Crippen molar-refractivity contribution in [1.82, 2.24) is 5.32 Å². The predicted molar refractivity (Wildman–Crippen MR) is 65.7 cm³/mol. The Hall–Kier alpha value is -2.30. The standard InChI is InChI=1S/C13H13FN2O2/c1-9-7-10(14)4-5-12(9)16-13(17)15-8-11-3-2-6-18-11/h2-7H,8H2,1H3,(H2,15,16,17). The minimum absolute atomic E-state index is 0.305. The van der Waals surface area contributed by atoms with Crippen molar-refractivity contribution in [3.05, 3.63) is 53.7 Å². The Labute approximate surface area is 104 Å². The number of hydrogen-bond acceptors (Lipinski definition) is 2. The highest BCUT2D eigenvalue weighted by Gasteiger charge is 2.05. The van der Waals surface area contributed by atoms with E-state index in [1.54, 1.807) is 25.3 Å². The lowest BCUT2D eigenvalue weighted by Crippen LogP contribution is -2.28. The molecule has 2 rings (SSSR count). The van der Waals surface area contributed by atoms with E-state index < -0.39 is 0 Å². The number of benzene rings is 1. The average Bonchev–Trinajstić information content (AvgIpc) is 2.83. The van der Waals surface area contributed by atoms with Gasteiger partial charge in [-0.3, -0.25) is 0 Å². The Bertz CT molecular complexity index is 538. The van der Waals surface area contributed by atoms with Crippen molar-refractivity contribution in [3.63, 3.8) is 0 Å². The highest BCUT2D eigenvalue weighted by molar-refractivity contribution is 5.89. The van der Waals surface area contributed by atoms with Crippen LogP contribution in [0.4, 0.5) is 14.9 Å². The van der Waals surface area contributed by atoms with E-state index in [0.717, 1.165) is 0 Å². The summed E-state index contributed by atoms with van der Waals surface area (Å²) in [5.41, 5.74) is 1.25. The summed E-state index contributed by atoms with van der Waals surface area (Å²) in [6.07, 6.45) is 1.54. The first-order valence-electron chi connectivity index (χ1n) is 5.48. The maximum absolute atomic E-state index is 12.9. The highest BCUT2D eigenvalue weighted by Crippen LogP contribution is 2.15. The molecular weight excluding hydrogens is 235 g/mol. The van der Waals surface area contributed by atoms with Crippen LogP contribution in [0.3, 0.4) is 0 Å². The van der Waals surface area contributed by atoms with Gasteiger partial charge >= 0.3 is 6.03 Å². The zero-order valence-electron chi connectivity index (χ0n) is 9.87. The van der Waals surface area contributed by atoms with Gasteiger partial charge in [-0.05, 0) is 42.8 Å². The summed E-state index contributed by atoms with van der Waals surface area (Å²) in [7, 11) is 0. The molecule has 4 nitrogen and oxygen atoms in total. The number of urea groups is 1. The number of hydrogen-bond donors (Lipinski definition) is 2. The maximum Gasteiger partial charge on any atom is 0.319 e. The molecular formula is C13H13FN2O2. The molecule has 18 heavy (non-hydrogen) atoms. The van der Waals surface area contributed by atoms with Gasteiger partial charge in [-0.1, -0.05) is 0 Å². The van der Waals surface area contributed by atoms with Gasteiger partial charge in [0.2, 0.25) is 0 Å². The number of amides is 2. The van der Waals surface area contributed by atoms with Crippen LogP contribution in [0, 0.1) is 12.7 Å². The second-order valence-corrected chi connectivity index (χ2v) is 3.85. The van der Waals surface area contributed by atoms with Crippen molar-refractivity contribution in [3.8, 4) is 0 Å². The average molecular weight is 248 g/mol. The van der Waals surface area contributed by atoms with Crippen LogP contribution in [0.25, 0.3) is 0 Å². The summed E-state index contributed by atoms with van der Waals surface area (Å²) < 4.78 is 18.0. The largest absolute Gasteiger partial charge is 0.467 e. The molecule has 0 radical (unpaired) electrons. The number of nitrogens with one attached hydrogen (secondary N) is 2. The van der Waals surface area contributed by atoms with Crippen LogP contribution in [0.15, 0.2) is 41.0 Å². The van der Waals surface area contributed by atoms with E-state index >= 15 is 0 Å². The van der Waals surface area contributed by atoms with Crippen molar-refractivity contribution in [1.29, 1.82) is 0 Å². The third-order valence-corrected chi connectivity index (χ3v) is 2.44. The van der Waals surface area contributed by atoms with Crippen molar-refractivity contribution >= 4 is 11.7 Å². The van der Waals surface area contributed by atoms with Crippen molar-refractivity contribution in [2.75, 3.05) is 5.32 Å². The number of furan rings is 1. The molecule has 0 aliphatic carbocycles. The summed E-state index contributed by atoms with van der Waals surface area (Å²) in [4.78, 5) is 11.6. The van der Waals surface area contributed by atoms with E-state index in [-0.39, 0.29) is 11.8 Å². The monoisotopic (exact) mass is 248 g/mol. The molecule has 1 aromatic carbocycles. The van der Waals surface area contributed by atoms with Crippen molar-refractivity contribution in [2.45, 2.75) is 13.5 Å². The van der Waals surface area contributed by atoms with Crippen LogP contribution >= 0.6 is 0 Å².